The number of hydrogen-bond acceptors (Lipinski definition) is 5. The first-order valence-corrected chi connectivity index (χ1v) is 5.77. The summed E-state index contributed by atoms with van der Waals surface area (Å²) in [6, 6.07) is 11.2. The van der Waals surface area contributed by atoms with Crippen LogP contribution in [-0.4, -0.2) is 29.3 Å². The van der Waals surface area contributed by atoms with E-state index in [0.29, 0.717) is 18.2 Å². The zero-order valence-electron chi connectivity index (χ0n) is 10.5. The number of pyridine rings is 1. The van der Waals surface area contributed by atoms with Gasteiger partial charge in [0.25, 0.3) is 5.88 Å². The number of nitrogens with zero attached hydrogens (tertiary/aromatic N) is 1. The van der Waals surface area contributed by atoms with Crippen LogP contribution in [0.4, 0.5) is 0 Å². The van der Waals surface area contributed by atoms with Crippen LogP contribution >= 0.6 is 0 Å². The van der Waals surface area contributed by atoms with Gasteiger partial charge >= 0.3 is 7.12 Å². The zero-order chi connectivity index (χ0) is 13.7. The van der Waals surface area contributed by atoms with E-state index in [9.17, 15) is 0 Å². The zero-order valence-corrected chi connectivity index (χ0v) is 10.5. The van der Waals surface area contributed by atoms with Crippen molar-refractivity contribution < 1.29 is 19.5 Å². The lowest BCUT2D eigenvalue weighted by Crippen LogP contribution is -2.30. The second-order valence-electron chi connectivity index (χ2n) is 3.92. The van der Waals surface area contributed by atoms with Crippen molar-refractivity contribution >= 4 is 12.6 Å². The third-order valence-electron chi connectivity index (χ3n) is 2.58. The van der Waals surface area contributed by atoms with Gasteiger partial charge in [-0.25, -0.2) is 4.98 Å². The van der Waals surface area contributed by atoms with Gasteiger partial charge in [0.2, 0.25) is 0 Å². The smallest absolute Gasteiger partial charge is 0.490 e. The van der Waals surface area contributed by atoms with Crippen LogP contribution in [-0.2, 0) is 6.61 Å². The molecular formula is C13H14BNO4. The quantitative estimate of drug-likeness (QED) is 0.758. The predicted molar refractivity (Wildman–Crippen MR) is 71.4 cm³/mol. The number of aromatic nitrogens is 1. The predicted octanol–water partition coefficient (Wildman–Crippen LogP) is 0.349. The Morgan fingerprint density at radius 3 is 2.58 bits per heavy atom. The molecule has 98 valence electrons. The topological polar surface area (TPSA) is 71.8 Å². The summed E-state index contributed by atoms with van der Waals surface area (Å²) in [4.78, 5) is 4.02. The standard InChI is InChI=1S/C13H14BNO4/c1-18-12-7-11(14(16)17)8-15-13(12)19-9-10-5-3-2-4-6-10/h2-8,16-17H,9H2,1H3. The van der Waals surface area contributed by atoms with Crippen molar-refractivity contribution in [3.63, 3.8) is 0 Å². The van der Waals surface area contributed by atoms with E-state index < -0.39 is 7.12 Å². The minimum atomic E-state index is -1.58. The van der Waals surface area contributed by atoms with Gasteiger partial charge in [0.15, 0.2) is 5.75 Å². The van der Waals surface area contributed by atoms with E-state index in [4.69, 9.17) is 19.5 Å². The highest BCUT2D eigenvalue weighted by atomic mass is 16.5. The second kappa shape index (κ2) is 6.22. The summed E-state index contributed by atoms with van der Waals surface area (Å²) < 4.78 is 10.7. The van der Waals surface area contributed by atoms with E-state index in [1.54, 1.807) is 0 Å². The molecule has 2 N–H and O–H groups in total. The summed E-state index contributed by atoms with van der Waals surface area (Å²) in [6.45, 7) is 0.366. The number of rotatable bonds is 5. The first kappa shape index (κ1) is 13.4. The molecule has 0 bridgehead atoms. The van der Waals surface area contributed by atoms with Gasteiger partial charge in [-0.1, -0.05) is 30.3 Å². The van der Waals surface area contributed by atoms with Crippen molar-refractivity contribution in [2.24, 2.45) is 0 Å². The maximum atomic E-state index is 9.06. The maximum absolute atomic E-state index is 9.06. The van der Waals surface area contributed by atoms with Crippen molar-refractivity contribution in [2.45, 2.75) is 6.61 Å². The average Bonchev–Trinajstić information content (AvgIpc) is 2.45. The van der Waals surface area contributed by atoms with E-state index in [1.807, 2.05) is 30.3 Å². The lowest BCUT2D eigenvalue weighted by Gasteiger charge is -2.10. The van der Waals surface area contributed by atoms with Crippen LogP contribution in [0, 0.1) is 0 Å². The van der Waals surface area contributed by atoms with Gasteiger partial charge in [-0.15, -0.1) is 0 Å². The highest BCUT2D eigenvalue weighted by Crippen LogP contribution is 2.23. The highest BCUT2D eigenvalue weighted by molar-refractivity contribution is 6.58. The normalized spacial score (nSPS) is 10.1. The summed E-state index contributed by atoms with van der Waals surface area (Å²) >= 11 is 0. The summed E-state index contributed by atoms with van der Waals surface area (Å²) in [6.07, 6.45) is 1.34. The SMILES string of the molecule is COc1cc(B(O)O)cnc1OCc1ccccc1. The minimum absolute atomic E-state index is 0.254. The van der Waals surface area contributed by atoms with Crippen LogP contribution in [0.5, 0.6) is 11.6 Å². The molecule has 0 saturated heterocycles. The summed E-state index contributed by atoms with van der Waals surface area (Å²) in [5.41, 5.74) is 1.27. The molecular weight excluding hydrogens is 245 g/mol. The molecule has 1 aromatic heterocycles. The highest BCUT2D eigenvalue weighted by Gasteiger charge is 2.15. The van der Waals surface area contributed by atoms with E-state index in [1.165, 1.54) is 19.4 Å². The molecule has 0 fully saturated rings. The maximum Gasteiger partial charge on any atom is 0.490 e. The molecule has 2 aromatic rings. The molecule has 0 atom stereocenters. The van der Waals surface area contributed by atoms with Gasteiger partial charge in [-0.2, -0.15) is 0 Å². The molecule has 0 spiro atoms. The van der Waals surface area contributed by atoms with E-state index in [2.05, 4.69) is 4.98 Å². The van der Waals surface area contributed by atoms with Crippen LogP contribution in [0.1, 0.15) is 5.56 Å². The van der Waals surface area contributed by atoms with Gasteiger partial charge in [0.1, 0.15) is 6.61 Å². The Hall–Kier alpha value is -2.05. The number of hydrogen-bond donors (Lipinski definition) is 2. The molecule has 0 aliphatic rings. The van der Waals surface area contributed by atoms with E-state index >= 15 is 0 Å². The monoisotopic (exact) mass is 259 g/mol. The Morgan fingerprint density at radius 1 is 1.21 bits per heavy atom. The molecule has 19 heavy (non-hydrogen) atoms. The van der Waals surface area contributed by atoms with Gasteiger partial charge < -0.3 is 19.5 Å². The average molecular weight is 259 g/mol. The molecule has 6 heteroatoms. The number of ether oxygens (including phenoxy) is 2. The van der Waals surface area contributed by atoms with Crippen LogP contribution in [0.3, 0.4) is 0 Å². The molecule has 0 radical (unpaired) electrons. The summed E-state index contributed by atoms with van der Waals surface area (Å²) in [5.74, 6) is 0.678. The molecule has 1 heterocycles. The molecule has 0 aliphatic carbocycles. The fourth-order valence-corrected chi connectivity index (χ4v) is 1.57. The molecule has 5 nitrogen and oxygen atoms in total. The Kier molecular flexibility index (Phi) is 4.38. The fourth-order valence-electron chi connectivity index (χ4n) is 1.57. The van der Waals surface area contributed by atoms with Crippen molar-refractivity contribution in [1.82, 2.24) is 4.98 Å². The van der Waals surface area contributed by atoms with Crippen molar-refractivity contribution in [3.05, 3.63) is 48.2 Å². The molecule has 0 unspecified atom stereocenters. The van der Waals surface area contributed by atoms with Gasteiger partial charge in [0, 0.05) is 11.7 Å². The van der Waals surface area contributed by atoms with E-state index in [0.717, 1.165) is 5.56 Å². The first-order valence-electron chi connectivity index (χ1n) is 5.77. The molecule has 0 aliphatic heterocycles. The van der Waals surface area contributed by atoms with Gasteiger partial charge in [-0.3, -0.25) is 0 Å². The van der Waals surface area contributed by atoms with Crippen molar-refractivity contribution in [2.75, 3.05) is 7.11 Å². The Morgan fingerprint density at radius 2 is 1.95 bits per heavy atom. The summed E-state index contributed by atoms with van der Waals surface area (Å²) in [5, 5.41) is 18.1. The van der Waals surface area contributed by atoms with E-state index in [-0.39, 0.29) is 5.46 Å². The van der Waals surface area contributed by atoms with Gasteiger partial charge in [0.05, 0.1) is 7.11 Å². The van der Waals surface area contributed by atoms with Crippen LogP contribution in [0.15, 0.2) is 42.6 Å². The lowest BCUT2D eigenvalue weighted by molar-refractivity contribution is 0.272. The number of benzene rings is 1. The van der Waals surface area contributed by atoms with Crippen LogP contribution in [0.2, 0.25) is 0 Å². The molecule has 2 rings (SSSR count). The van der Waals surface area contributed by atoms with Gasteiger partial charge in [-0.05, 0) is 11.6 Å². The molecule has 0 saturated carbocycles. The van der Waals surface area contributed by atoms with Crippen molar-refractivity contribution in [3.8, 4) is 11.6 Å². The Bertz CT molecular complexity index is 533. The Balaban J connectivity index is 2.12. The minimum Gasteiger partial charge on any atom is -0.491 e. The largest absolute Gasteiger partial charge is 0.491 e. The molecule has 1 aromatic carbocycles. The third-order valence-corrected chi connectivity index (χ3v) is 2.58. The van der Waals surface area contributed by atoms with Crippen LogP contribution in [0.25, 0.3) is 0 Å². The molecule has 0 amide bonds. The second-order valence-corrected chi connectivity index (χ2v) is 3.92. The van der Waals surface area contributed by atoms with Crippen LogP contribution < -0.4 is 14.9 Å². The Labute approximate surface area is 111 Å². The fraction of sp³-hybridized carbons (Fsp3) is 0.154. The number of methoxy groups -OCH3 is 1. The first-order chi connectivity index (χ1) is 9.20. The van der Waals surface area contributed by atoms with Crippen molar-refractivity contribution in [1.29, 1.82) is 0 Å². The lowest BCUT2D eigenvalue weighted by atomic mass is 9.82. The summed E-state index contributed by atoms with van der Waals surface area (Å²) in [7, 11) is -0.107. The third kappa shape index (κ3) is 3.46.